The van der Waals surface area contributed by atoms with Crippen molar-refractivity contribution in [1.82, 2.24) is 4.98 Å². The monoisotopic (exact) mass is 270 g/mol. The molecule has 1 fully saturated rings. The van der Waals surface area contributed by atoms with Crippen LogP contribution in [0.2, 0.25) is 0 Å². The zero-order valence-corrected chi connectivity index (χ0v) is 10.9. The van der Waals surface area contributed by atoms with Gasteiger partial charge in [0.05, 0.1) is 16.5 Å². The van der Waals surface area contributed by atoms with Crippen LogP contribution in [0.15, 0.2) is 30.3 Å². The van der Waals surface area contributed by atoms with Crippen molar-refractivity contribution in [2.24, 2.45) is 0 Å². The first-order valence-electron chi connectivity index (χ1n) is 6.73. The predicted molar refractivity (Wildman–Crippen MR) is 74.6 cm³/mol. The molecule has 0 radical (unpaired) electrons. The maximum Gasteiger partial charge on any atom is 0.295 e. The van der Waals surface area contributed by atoms with Crippen molar-refractivity contribution < 1.29 is 9.72 Å². The Balaban J connectivity index is 2.11. The number of para-hydroxylation sites is 1. The number of ketones is 1. The second-order valence-corrected chi connectivity index (χ2v) is 5.11. The molecule has 0 spiro atoms. The molecule has 1 aliphatic carbocycles. The van der Waals surface area contributed by atoms with E-state index in [1.807, 2.05) is 12.1 Å². The molecule has 1 aliphatic rings. The number of benzene rings is 1. The summed E-state index contributed by atoms with van der Waals surface area (Å²) in [7, 11) is 0. The summed E-state index contributed by atoms with van der Waals surface area (Å²) in [4.78, 5) is 27.0. The van der Waals surface area contributed by atoms with Gasteiger partial charge in [-0.1, -0.05) is 24.6 Å². The van der Waals surface area contributed by atoms with Crippen molar-refractivity contribution in [3.05, 3.63) is 46.1 Å². The van der Waals surface area contributed by atoms with Crippen molar-refractivity contribution >= 4 is 22.4 Å². The average molecular weight is 270 g/mol. The van der Waals surface area contributed by atoms with E-state index in [0.717, 1.165) is 24.6 Å². The summed E-state index contributed by atoms with van der Waals surface area (Å²) in [5.74, 6) is -0.00496. The van der Waals surface area contributed by atoms with Gasteiger partial charge in [0.2, 0.25) is 0 Å². The van der Waals surface area contributed by atoms with E-state index in [2.05, 4.69) is 4.98 Å². The van der Waals surface area contributed by atoms with Gasteiger partial charge in [0, 0.05) is 17.9 Å². The summed E-state index contributed by atoms with van der Waals surface area (Å²) in [5.41, 5.74) is 1.03. The highest BCUT2D eigenvalue weighted by atomic mass is 16.6. The Morgan fingerprint density at radius 1 is 1.20 bits per heavy atom. The molecule has 1 unspecified atom stereocenters. The smallest absolute Gasteiger partial charge is 0.295 e. The van der Waals surface area contributed by atoms with E-state index in [1.165, 1.54) is 6.07 Å². The number of hydrogen-bond donors (Lipinski definition) is 0. The van der Waals surface area contributed by atoms with Gasteiger partial charge in [-0.05, 0) is 18.9 Å². The molecule has 20 heavy (non-hydrogen) atoms. The van der Waals surface area contributed by atoms with E-state index >= 15 is 0 Å². The number of pyridine rings is 1. The minimum Gasteiger partial charge on any atom is -0.299 e. The van der Waals surface area contributed by atoms with Gasteiger partial charge in [-0.25, -0.2) is 4.98 Å². The van der Waals surface area contributed by atoms with Crippen molar-refractivity contribution in [2.45, 2.75) is 31.6 Å². The summed E-state index contributed by atoms with van der Waals surface area (Å²) < 4.78 is 0. The van der Waals surface area contributed by atoms with E-state index in [4.69, 9.17) is 0 Å². The number of aromatic nitrogens is 1. The largest absolute Gasteiger partial charge is 0.299 e. The Kier molecular flexibility index (Phi) is 3.18. The minimum absolute atomic E-state index is 0.00684. The number of carbonyl (C=O) groups excluding carboxylic acids is 1. The molecule has 0 aliphatic heterocycles. The van der Waals surface area contributed by atoms with Gasteiger partial charge in [0.15, 0.2) is 0 Å². The van der Waals surface area contributed by atoms with Crippen LogP contribution in [0.3, 0.4) is 0 Å². The zero-order valence-electron chi connectivity index (χ0n) is 10.9. The van der Waals surface area contributed by atoms with Crippen molar-refractivity contribution in [1.29, 1.82) is 0 Å². The van der Waals surface area contributed by atoms with Crippen LogP contribution >= 0.6 is 0 Å². The first-order chi connectivity index (χ1) is 9.66. The lowest BCUT2D eigenvalue weighted by Gasteiger charge is -2.20. The molecular weight excluding hydrogens is 256 g/mol. The number of nitrogens with zero attached hydrogens (tertiary/aromatic N) is 2. The van der Waals surface area contributed by atoms with E-state index in [1.54, 1.807) is 12.1 Å². The Bertz CT molecular complexity index is 697. The molecule has 5 heteroatoms. The maximum absolute atomic E-state index is 12.0. The predicted octanol–water partition coefficient (Wildman–Crippen LogP) is 3.37. The van der Waals surface area contributed by atoms with Crippen LogP contribution in [0.4, 0.5) is 5.69 Å². The Labute approximate surface area is 115 Å². The van der Waals surface area contributed by atoms with Crippen molar-refractivity contribution in [2.75, 3.05) is 0 Å². The minimum atomic E-state index is -0.429. The lowest BCUT2D eigenvalue weighted by molar-refractivity contribution is -0.383. The van der Waals surface area contributed by atoms with Gasteiger partial charge in [-0.2, -0.15) is 0 Å². The fourth-order valence-electron chi connectivity index (χ4n) is 2.78. The highest BCUT2D eigenvalue weighted by Crippen LogP contribution is 2.31. The maximum atomic E-state index is 12.0. The number of fused-ring (bicyclic) bond motifs is 1. The van der Waals surface area contributed by atoms with Crippen LogP contribution in [0.5, 0.6) is 0 Å². The van der Waals surface area contributed by atoms with Crippen LogP contribution < -0.4 is 0 Å². The van der Waals surface area contributed by atoms with E-state index < -0.39 is 4.92 Å². The lowest BCUT2D eigenvalue weighted by atomic mass is 9.85. The summed E-state index contributed by atoms with van der Waals surface area (Å²) in [5, 5.41) is 11.8. The molecule has 1 atom stereocenters. The number of nitro groups is 1. The van der Waals surface area contributed by atoms with Crippen LogP contribution in [0.25, 0.3) is 10.9 Å². The van der Waals surface area contributed by atoms with Gasteiger partial charge < -0.3 is 0 Å². The molecule has 3 rings (SSSR count). The third-order valence-corrected chi connectivity index (χ3v) is 3.83. The first kappa shape index (κ1) is 12.7. The zero-order chi connectivity index (χ0) is 14.1. The molecule has 1 aromatic carbocycles. The van der Waals surface area contributed by atoms with Crippen molar-refractivity contribution in [3.63, 3.8) is 0 Å². The lowest BCUT2D eigenvalue weighted by Crippen LogP contribution is -2.18. The topological polar surface area (TPSA) is 73.1 Å². The molecule has 102 valence electrons. The van der Waals surface area contributed by atoms with Gasteiger partial charge in [-0.3, -0.25) is 14.9 Å². The molecule has 0 saturated heterocycles. The molecule has 2 aromatic rings. The SMILES string of the molecule is O=C1CCCCC1c1ccc2cccc([N+](=O)[O-])c2n1. The van der Waals surface area contributed by atoms with Crippen LogP contribution in [0, 0.1) is 10.1 Å². The summed E-state index contributed by atoms with van der Waals surface area (Å²) >= 11 is 0. The average Bonchev–Trinajstić information content (AvgIpc) is 2.46. The standard InChI is InChI=1S/C15H14N2O3/c18-14-7-2-1-5-11(14)12-9-8-10-4-3-6-13(17(19)20)15(10)16-12/h3-4,6,8-9,11H,1-2,5,7H2. The fraction of sp³-hybridized carbons (Fsp3) is 0.333. The second-order valence-electron chi connectivity index (χ2n) is 5.11. The molecular formula is C15H14N2O3. The number of hydrogen-bond acceptors (Lipinski definition) is 4. The van der Waals surface area contributed by atoms with Gasteiger partial charge >= 0.3 is 0 Å². The molecule has 1 aromatic heterocycles. The van der Waals surface area contributed by atoms with Crippen LogP contribution in [0.1, 0.15) is 37.3 Å². The number of Topliss-reactive ketones (excluding diaryl/α,β-unsaturated/α-hetero) is 1. The normalized spacial score (nSPS) is 19.2. The highest BCUT2D eigenvalue weighted by molar-refractivity contribution is 5.89. The number of nitro benzene ring substituents is 1. The third kappa shape index (κ3) is 2.15. The second kappa shape index (κ2) is 5.00. The summed E-state index contributed by atoms with van der Waals surface area (Å²) in [6.07, 6.45) is 3.31. The van der Waals surface area contributed by atoms with Gasteiger partial charge in [-0.15, -0.1) is 0 Å². The first-order valence-corrected chi connectivity index (χ1v) is 6.73. The van der Waals surface area contributed by atoms with Gasteiger partial charge in [0.25, 0.3) is 5.69 Å². The summed E-state index contributed by atoms with van der Waals surface area (Å²) in [6.45, 7) is 0. The number of carbonyl (C=O) groups is 1. The molecule has 1 saturated carbocycles. The Morgan fingerprint density at radius 2 is 2.05 bits per heavy atom. The van der Waals surface area contributed by atoms with Gasteiger partial charge in [0.1, 0.15) is 11.3 Å². The number of non-ortho nitro benzene ring substituents is 1. The molecule has 1 heterocycles. The highest BCUT2D eigenvalue weighted by Gasteiger charge is 2.26. The van der Waals surface area contributed by atoms with Crippen LogP contribution in [-0.4, -0.2) is 15.7 Å². The Hall–Kier alpha value is -2.30. The van der Waals surface area contributed by atoms with Crippen molar-refractivity contribution in [3.8, 4) is 0 Å². The van der Waals surface area contributed by atoms with Crippen LogP contribution in [-0.2, 0) is 4.79 Å². The molecule has 0 N–H and O–H groups in total. The molecule has 0 bridgehead atoms. The third-order valence-electron chi connectivity index (χ3n) is 3.83. The van der Waals surface area contributed by atoms with E-state index in [0.29, 0.717) is 17.6 Å². The van der Waals surface area contributed by atoms with E-state index in [-0.39, 0.29) is 17.4 Å². The quantitative estimate of drug-likeness (QED) is 0.619. The fourth-order valence-corrected chi connectivity index (χ4v) is 2.78. The Morgan fingerprint density at radius 3 is 2.80 bits per heavy atom. The molecule has 0 amide bonds. The summed E-state index contributed by atoms with van der Waals surface area (Å²) in [6, 6.07) is 8.52. The van der Waals surface area contributed by atoms with E-state index in [9.17, 15) is 14.9 Å². The number of rotatable bonds is 2. The molecule has 5 nitrogen and oxygen atoms in total.